The average Bonchev–Trinajstić information content (AvgIpc) is 3.34. The molecule has 3 aromatic carbocycles. The molecule has 0 spiro atoms. The van der Waals surface area contributed by atoms with Crippen LogP contribution in [0.1, 0.15) is 15.9 Å². The third kappa shape index (κ3) is 5.72. The lowest BCUT2D eigenvalue weighted by Crippen LogP contribution is -2.22. The molecule has 1 N–H and O–H groups in total. The van der Waals surface area contributed by atoms with E-state index in [1.165, 1.54) is 0 Å². The fourth-order valence-electron chi connectivity index (χ4n) is 3.73. The molecule has 0 aliphatic carbocycles. The monoisotopic (exact) mass is 542 g/mol. The van der Waals surface area contributed by atoms with Gasteiger partial charge in [-0.05, 0) is 72.3 Å². The second-order valence-corrected chi connectivity index (χ2v) is 8.93. The first-order chi connectivity index (χ1) is 17.7. The number of imidazole rings is 1. The van der Waals surface area contributed by atoms with E-state index in [0.29, 0.717) is 25.3 Å². The summed E-state index contributed by atoms with van der Waals surface area (Å²) in [5.41, 5.74) is 4.11. The van der Waals surface area contributed by atoms with E-state index in [9.17, 15) is 4.79 Å². The molecule has 7 nitrogen and oxygen atoms in total. The minimum absolute atomic E-state index is 0.152. The number of pyridine rings is 1. The normalized spacial score (nSPS) is 10.8. The highest BCUT2D eigenvalue weighted by Gasteiger charge is 2.10. The van der Waals surface area contributed by atoms with Crippen LogP contribution in [0.2, 0.25) is 0 Å². The molecule has 0 fully saturated rings. The zero-order valence-electron chi connectivity index (χ0n) is 19.3. The number of hydrogen-bond donors (Lipinski definition) is 1. The van der Waals surface area contributed by atoms with Crippen molar-refractivity contribution < 1.29 is 14.3 Å². The summed E-state index contributed by atoms with van der Waals surface area (Å²) in [6, 6.07) is 24.8. The van der Waals surface area contributed by atoms with Crippen LogP contribution < -0.4 is 14.8 Å². The highest BCUT2D eigenvalue weighted by molar-refractivity contribution is 9.10. The summed E-state index contributed by atoms with van der Waals surface area (Å²) in [5, 5.41) is 2.92. The van der Waals surface area contributed by atoms with Crippen LogP contribution in [0.25, 0.3) is 16.7 Å². The highest BCUT2D eigenvalue weighted by atomic mass is 79.9. The average molecular weight is 543 g/mol. The van der Waals surface area contributed by atoms with E-state index in [0.717, 1.165) is 38.3 Å². The van der Waals surface area contributed by atoms with Gasteiger partial charge in [0.15, 0.2) is 0 Å². The molecular weight excluding hydrogens is 520 g/mol. The summed E-state index contributed by atoms with van der Waals surface area (Å²) in [5.74, 6) is 1.40. The first-order valence-corrected chi connectivity index (χ1v) is 12.2. The van der Waals surface area contributed by atoms with Crippen LogP contribution >= 0.6 is 15.9 Å². The van der Waals surface area contributed by atoms with Crippen molar-refractivity contribution in [2.45, 2.75) is 6.54 Å². The number of nitrogens with one attached hydrogen (secondary N) is 1. The number of fused-ring (bicyclic) bond motifs is 1. The van der Waals surface area contributed by atoms with Crippen LogP contribution in [0.5, 0.6) is 11.5 Å². The van der Waals surface area contributed by atoms with Crippen LogP contribution in [0.4, 0.5) is 0 Å². The van der Waals surface area contributed by atoms with E-state index in [-0.39, 0.29) is 5.91 Å². The second kappa shape index (κ2) is 11.0. The minimum Gasteiger partial charge on any atom is -0.490 e. The van der Waals surface area contributed by atoms with Gasteiger partial charge in [-0.15, -0.1) is 0 Å². The number of amides is 1. The van der Waals surface area contributed by atoms with E-state index in [4.69, 9.17) is 9.47 Å². The quantitative estimate of drug-likeness (QED) is 0.246. The van der Waals surface area contributed by atoms with Crippen molar-refractivity contribution in [3.05, 3.63) is 113 Å². The number of benzene rings is 3. The molecule has 0 unspecified atom stereocenters. The Morgan fingerprint density at radius 1 is 0.917 bits per heavy atom. The second-order valence-electron chi connectivity index (χ2n) is 8.01. The van der Waals surface area contributed by atoms with Gasteiger partial charge in [0.1, 0.15) is 31.0 Å². The zero-order chi connectivity index (χ0) is 24.7. The lowest BCUT2D eigenvalue weighted by molar-refractivity contribution is 0.0951. The molecule has 1 amide bonds. The van der Waals surface area contributed by atoms with Crippen LogP contribution in [-0.4, -0.2) is 33.7 Å². The number of carbonyl (C=O) groups is 1. The topological polar surface area (TPSA) is 78.3 Å². The van der Waals surface area contributed by atoms with Gasteiger partial charge in [0, 0.05) is 34.7 Å². The summed E-state index contributed by atoms with van der Waals surface area (Å²) < 4.78 is 14.5. The third-order valence-electron chi connectivity index (χ3n) is 5.52. The smallest absolute Gasteiger partial charge is 0.251 e. The fourth-order valence-corrected chi connectivity index (χ4v) is 4.10. The molecular formula is C28H23BrN4O3. The first-order valence-electron chi connectivity index (χ1n) is 11.4. The van der Waals surface area contributed by atoms with E-state index in [2.05, 4.69) is 31.2 Å². The van der Waals surface area contributed by atoms with E-state index < -0.39 is 0 Å². The maximum absolute atomic E-state index is 12.6. The molecule has 0 atom stereocenters. The molecule has 36 heavy (non-hydrogen) atoms. The van der Waals surface area contributed by atoms with Crippen molar-refractivity contribution in [2.75, 3.05) is 13.2 Å². The lowest BCUT2D eigenvalue weighted by atomic mass is 10.1. The molecule has 8 heteroatoms. The van der Waals surface area contributed by atoms with Crippen LogP contribution in [0, 0.1) is 0 Å². The predicted molar refractivity (Wildman–Crippen MR) is 142 cm³/mol. The van der Waals surface area contributed by atoms with Crippen molar-refractivity contribution in [1.82, 2.24) is 19.9 Å². The largest absolute Gasteiger partial charge is 0.490 e. The Hall–Kier alpha value is -4.17. The van der Waals surface area contributed by atoms with Crippen molar-refractivity contribution >= 4 is 32.9 Å². The predicted octanol–water partition coefficient (Wildman–Crippen LogP) is 5.57. The van der Waals surface area contributed by atoms with Crippen molar-refractivity contribution in [3.63, 3.8) is 0 Å². The molecule has 5 aromatic rings. The summed E-state index contributed by atoms with van der Waals surface area (Å²) in [6.45, 7) is 1.30. The molecule has 0 saturated heterocycles. The number of rotatable bonds is 9. The van der Waals surface area contributed by atoms with Crippen LogP contribution in [-0.2, 0) is 6.54 Å². The molecule has 0 aliphatic heterocycles. The summed E-state index contributed by atoms with van der Waals surface area (Å²) in [6.07, 6.45) is 5.19. The van der Waals surface area contributed by atoms with Gasteiger partial charge in [0.05, 0.1) is 11.0 Å². The first kappa shape index (κ1) is 23.6. The third-order valence-corrected chi connectivity index (χ3v) is 6.01. The lowest BCUT2D eigenvalue weighted by Gasteiger charge is -2.10. The van der Waals surface area contributed by atoms with Crippen molar-refractivity contribution in [2.24, 2.45) is 0 Å². The maximum atomic E-state index is 12.6. The van der Waals surface area contributed by atoms with E-state index in [1.54, 1.807) is 24.8 Å². The summed E-state index contributed by atoms with van der Waals surface area (Å²) >= 11 is 3.43. The zero-order valence-corrected chi connectivity index (χ0v) is 20.9. The number of halogens is 1. The number of nitrogens with zero attached hydrogens (tertiary/aromatic N) is 3. The SMILES string of the molecule is O=C(NCc1cccnc1)c1ccc2c(c1)ncn2-c1ccc(OCCOc2cccc(Br)c2)cc1. The van der Waals surface area contributed by atoms with Crippen LogP contribution in [0.3, 0.4) is 0 Å². The Morgan fingerprint density at radius 2 is 1.75 bits per heavy atom. The van der Waals surface area contributed by atoms with Crippen molar-refractivity contribution in [3.8, 4) is 17.2 Å². The Balaban J connectivity index is 1.19. The van der Waals surface area contributed by atoms with Gasteiger partial charge in [-0.2, -0.15) is 0 Å². The Bertz CT molecular complexity index is 1470. The van der Waals surface area contributed by atoms with Gasteiger partial charge in [-0.1, -0.05) is 28.1 Å². The fraction of sp³-hybridized carbons (Fsp3) is 0.107. The molecule has 0 radical (unpaired) electrons. The number of aromatic nitrogens is 3. The molecule has 0 saturated carbocycles. The van der Waals surface area contributed by atoms with E-state index in [1.807, 2.05) is 77.4 Å². The Kier molecular flexibility index (Phi) is 7.23. The molecule has 5 rings (SSSR count). The molecule has 0 aliphatic rings. The van der Waals surface area contributed by atoms with Gasteiger partial charge in [0.25, 0.3) is 5.91 Å². The summed E-state index contributed by atoms with van der Waals surface area (Å²) in [4.78, 5) is 21.2. The number of carbonyl (C=O) groups excluding carboxylic acids is 1. The molecule has 2 heterocycles. The number of hydrogen-bond acceptors (Lipinski definition) is 5. The molecule has 0 bridgehead atoms. The Labute approximate surface area is 216 Å². The number of ether oxygens (including phenoxy) is 2. The van der Waals surface area contributed by atoms with Gasteiger partial charge in [-0.3, -0.25) is 14.3 Å². The maximum Gasteiger partial charge on any atom is 0.251 e. The van der Waals surface area contributed by atoms with Crippen LogP contribution in [0.15, 0.2) is 102 Å². The molecule has 2 aromatic heterocycles. The van der Waals surface area contributed by atoms with E-state index >= 15 is 0 Å². The highest BCUT2D eigenvalue weighted by Crippen LogP contribution is 2.22. The van der Waals surface area contributed by atoms with Gasteiger partial charge < -0.3 is 14.8 Å². The van der Waals surface area contributed by atoms with Crippen molar-refractivity contribution in [1.29, 1.82) is 0 Å². The van der Waals surface area contributed by atoms with Gasteiger partial charge >= 0.3 is 0 Å². The van der Waals surface area contributed by atoms with Gasteiger partial charge in [0.2, 0.25) is 0 Å². The molecule has 180 valence electrons. The van der Waals surface area contributed by atoms with Gasteiger partial charge in [-0.25, -0.2) is 4.98 Å². The summed E-state index contributed by atoms with van der Waals surface area (Å²) in [7, 11) is 0. The standard InChI is InChI=1S/C28H23BrN4O3/c29-22-4-1-5-25(16-22)36-14-13-35-24-9-7-23(8-10-24)33-19-32-26-15-21(6-11-27(26)33)28(34)31-18-20-3-2-12-30-17-20/h1-12,15-17,19H,13-14,18H2,(H,31,34). The Morgan fingerprint density at radius 3 is 2.53 bits per heavy atom. The minimum atomic E-state index is -0.152.